The lowest BCUT2D eigenvalue weighted by Crippen LogP contribution is -2.26. The summed E-state index contributed by atoms with van der Waals surface area (Å²) in [6.45, 7) is 4.40. The van der Waals surface area contributed by atoms with Gasteiger partial charge in [0.25, 0.3) is 5.91 Å². The smallest absolute Gasteiger partial charge is 0.251 e. The van der Waals surface area contributed by atoms with Crippen LogP contribution in [0.1, 0.15) is 65.5 Å². The minimum Gasteiger partial charge on any atom is -0.345 e. The number of hydrogen-bond acceptors (Lipinski definition) is 4. The van der Waals surface area contributed by atoms with Crippen molar-refractivity contribution in [3.05, 3.63) is 40.7 Å². The molecular weight excluding hydrogens is 290 g/mol. The second-order valence-electron chi connectivity index (χ2n) is 6.31. The summed E-state index contributed by atoms with van der Waals surface area (Å²) in [5.41, 5.74) is 2.97. The summed E-state index contributed by atoms with van der Waals surface area (Å²) in [4.78, 5) is 12.3. The lowest BCUT2D eigenvalue weighted by Gasteiger charge is -2.22. The number of rotatable bonds is 4. The van der Waals surface area contributed by atoms with Crippen LogP contribution >= 0.6 is 0 Å². The summed E-state index contributed by atoms with van der Waals surface area (Å²) in [6.07, 6.45) is 5.96. The molecule has 1 N–H and O–H groups in total. The zero-order valence-electron chi connectivity index (χ0n) is 13.7. The lowest BCUT2D eigenvalue weighted by atomic mass is 9.95. The molecule has 1 aliphatic rings. The SMILES string of the molecule is Cc1ccc(C(=O)NCc2nnnn2C2CCCCC2)cc1C. The number of benzene rings is 1. The number of amides is 1. The highest BCUT2D eigenvalue weighted by molar-refractivity contribution is 5.94. The molecular formula is C17H23N5O. The van der Waals surface area contributed by atoms with Gasteiger partial charge in [-0.15, -0.1) is 5.10 Å². The predicted molar refractivity (Wildman–Crippen MR) is 87.0 cm³/mol. The monoisotopic (exact) mass is 313 g/mol. The quantitative estimate of drug-likeness (QED) is 0.942. The molecule has 0 aliphatic heterocycles. The zero-order valence-corrected chi connectivity index (χ0v) is 13.7. The van der Waals surface area contributed by atoms with Crippen molar-refractivity contribution in [1.82, 2.24) is 25.5 Å². The van der Waals surface area contributed by atoms with Crippen molar-refractivity contribution < 1.29 is 4.79 Å². The van der Waals surface area contributed by atoms with Crippen LogP contribution in [0.2, 0.25) is 0 Å². The highest BCUT2D eigenvalue weighted by Crippen LogP contribution is 2.27. The van der Waals surface area contributed by atoms with Crippen molar-refractivity contribution in [3.8, 4) is 0 Å². The molecule has 0 spiro atoms. The summed E-state index contributed by atoms with van der Waals surface area (Å²) >= 11 is 0. The molecule has 6 nitrogen and oxygen atoms in total. The van der Waals surface area contributed by atoms with Crippen LogP contribution in [0, 0.1) is 13.8 Å². The molecule has 1 aliphatic carbocycles. The van der Waals surface area contributed by atoms with E-state index in [1.807, 2.05) is 36.7 Å². The Morgan fingerprint density at radius 3 is 2.74 bits per heavy atom. The Morgan fingerprint density at radius 2 is 2.00 bits per heavy atom. The van der Waals surface area contributed by atoms with E-state index in [0.717, 1.165) is 24.2 Å². The van der Waals surface area contributed by atoms with E-state index in [1.54, 1.807) is 0 Å². The molecule has 1 fully saturated rings. The maximum atomic E-state index is 12.3. The van der Waals surface area contributed by atoms with Crippen molar-refractivity contribution in [2.45, 2.75) is 58.5 Å². The third-order valence-electron chi connectivity index (χ3n) is 4.66. The van der Waals surface area contributed by atoms with E-state index in [1.165, 1.54) is 24.8 Å². The second-order valence-corrected chi connectivity index (χ2v) is 6.31. The van der Waals surface area contributed by atoms with E-state index in [-0.39, 0.29) is 5.91 Å². The van der Waals surface area contributed by atoms with Crippen LogP contribution in [0.15, 0.2) is 18.2 Å². The van der Waals surface area contributed by atoms with E-state index in [9.17, 15) is 4.79 Å². The maximum absolute atomic E-state index is 12.3. The molecule has 0 unspecified atom stereocenters. The third-order valence-corrected chi connectivity index (χ3v) is 4.66. The first-order valence-corrected chi connectivity index (χ1v) is 8.27. The van der Waals surface area contributed by atoms with Crippen molar-refractivity contribution >= 4 is 5.91 Å². The normalized spacial score (nSPS) is 15.6. The van der Waals surface area contributed by atoms with Gasteiger partial charge in [-0.25, -0.2) is 4.68 Å². The van der Waals surface area contributed by atoms with Crippen LogP contribution < -0.4 is 5.32 Å². The summed E-state index contributed by atoms with van der Waals surface area (Å²) < 4.78 is 1.89. The molecule has 1 aromatic heterocycles. The van der Waals surface area contributed by atoms with Gasteiger partial charge in [-0.1, -0.05) is 25.3 Å². The minimum atomic E-state index is -0.0914. The molecule has 2 aromatic rings. The van der Waals surface area contributed by atoms with E-state index in [4.69, 9.17) is 0 Å². The highest BCUT2D eigenvalue weighted by atomic mass is 16.1. The zero-order chi connectivity index (χ0) is 16.2. The first-order chi connectivity index (χ1) is 11.1. The van der Waals surface area contributed by atoms with E-state index in [0.29, 0.717) is 18.2 Å². The molecule has 122 valence electrons. The Bertz CT molecular complexity index is 688. The Hall–Kier alpha value is -2.24. The van der Waals surface area contributed by atoms with Crippen LogP contribution in [0.25, 0.3) is 0 Å². The number of aromatic nitrogens is 4. The summed E-state index contributed by atoms with van der Waals surface area (Å²) in [7, 11) is 0. The van der Waals surface area contributed by atoms with E-state index >= 15 is 0 Å². The first kappa shape index (κ1) is 15.6. The molecule has 0 radical (unpaired) electrons. The van der Waals surface area contributed by atoms with Gasteiger partial charge in [0.15, 0.2) is 5.82 Å². The summed E-state index contributed by atoms with van der Waals surface area (Å²) in [6, 6.07) is 6.10. The minimum absolute atomic E-state index is 0.0914. The van der Waals surface area contributed by atoms with Gasteiger partial charge in [0.05, 0.1) is 12.6 Å². The van der Waals surface area contributed by atoms with Crippen LogP contribution in [0.4, 0.5) is 0 Å². The third kappa shape index (κ3) is 3.57. The molecule has 1 heterocycles. The fraction of sp³-hybridized carbons (Fsp3) is 0.529. The van der Waals surface area contributed by atoms with Gasteiger partial charge in [0.1, 0.15) is 0 Å². The van der Waals surface area contributed by atoms with Crippen molar-refractivity contribution in [2.75, 3.05) is 0 Å². The van der Waals surface area contributed by atoms with Gasteiger partial charge >= 0.3 is 0 Å². The largest absolute Gasteiger partial charge is 0.345 e. The molecule has 1 aromatic carbocycles. The average molecular weight is 313 g/mol. The fourth-order valence-corrected chi connectivity index (χ4v) is 3.08. The summed E-state index contributed by atoms with van der Waals surface area (Å²) in [5.74, 6) is 0.639. The standard InChI is InChI=1S/C17H23N5O/c1-12-8-9-14(10-13(12)2)17(23)18-11-16-19-20-21-22(16)15-6-4-3-5-7-15/h8-10,15H,3-7,11H2,1-2H3,(H,18,23). The first-order valence-electron chi connectivity index (χ1n) is 8.27. The number of nitrogens with zero attached hydrogens (tertiary/aromatic N) is 4. The van der Waals surface area contributed by atoms with Crippen LogP contribution in [-0.2, 0) is 6.54 Å². The van der Waals surface area contributed by atoms with Crippen molar-refractivity contribution in [1.29, 1.82) is 0 Å². The molecule has 1 amide bonds. The van der Waals surface area contributed by atoms with Crippen molar-refractivity contribution in [3.63, 3.8) is 0 Å². The van der Waals surface area contributed by atoms with Gasteiger partial charge in [0, 0.05) is 5.56 Å². The topological polar surface area (TPSA) is 72.7 Å². The number of carbonyl (C=O) groups excluding carboxylic acids is 1. The van der Waals surface area contributed by atoms with Crippen LogP contribution in [0.5, 0.6) is 0 Å². The predicted octanol–water partition coefficient (Wildman–Crippen LogP) is 2.73. The Labute approximate surface area is 136 Å². The number of tetrazole rings is 1. The van der Waals surface area contributed by atoms with E-state index < -0.39 is 0 Å². The lowest BCUT2D eigenvalue weighted by molar-refractivity contribution is 0.0948. The van der Waals surface area contributed by atoms with Crippen LogP contribution in [-0.4, -0.2) is 26.1 Å². The van der Waals surface area contributed by atoms with Gasteiger partial charge in [-0.3, -0.25) is 4.79 Å². The fourth-order valence-electron chi connectivity index (χ4n) is 3.08. The Balaban J connectivity index is 1.65. The van der Waals surface area contributed by atoms with Gasteiger partial charge < -0.3 is 5.32 Å². The highest BCUT2D eigenvalue weighted by Gasteiger charge is 2.20. The second kappa shape index (κ2) is 6.89. The Morgan fingerprint density at radius 1 is 1.22 bits per heavy atom. The number of carbonyl (C=O) groups is 1. The van der Waals surface area contributed by atoms with Gasteiger partial charge in [-0.2, -0.15) is 0 Å². The average Bonchev–Trinajstić information content (AvgIpc) is 3.04. The molecule has 0 saturated heterocycles. The molecule has 1 saturated carbocycles. The van der Waals surface area contributed by atoms with Crippen LogP contribution in [0.3, 0.4) is 0 Å². The molecule has 0 bridgehead atoms. The molecule has 0 atom stereocenters. The number of hydrogen-bond donors (Lipinski definition) is 1. The Kier molecular flexibility index (Phi) is 4.69. The molecule has 6 heteroatoms. The summed E-state index contributed by atoms with van der Waals surface area (Å²) in [5, 5.41) is 14.9. The van der Waals surface area contributed by atoms with E-state index in [2.05, 4.69) is 20.8 Å². The van der Waals surface area contributed by atoms with Crippen molar-refractivity contribution in [2.24, 2.45) is 0 Å². The maximum Gasteiger partial charge on any atom is 0.251 e. The van der Waals surface area contributed by atoms with Gasteiger partial charge in [-0.05, 0) is 60.4 Å². The molecule has 23 heavy (non-hydrogen) atoms. The van der Waals surface area contributed by atoms with Gasteiger partial charge in [0.2, 0.25) is 0 Å². The number of nitrogens with one attached hydrogen (secondary N) is 1. The number of aryl methyl sites for hydroxylation is 2. The molecule has 3 rings (SSSR count).